The van der Waals surface area contributed by atoms with Crippen LogP contribution in [0.1, 0.15) is 0 Å². The van der Waals surface area contributed by atoms with Crippen LogP contribution in [-0.4, -0.2) is 14.4 Å². The Bertz CT molecular complexity index is 676. The summed E-state index contributed by atoms with van der Waals surface area (Å²) in [5.74, 6) is 0.741. The average molecular weight is 245 g/mol. The highest BCUT2D eigenvalue weighted by Gasteiger charge is 2.12. The molecule has 4 nitrogen and oxygen atoms in total. The topological polar surface area (TPSA) is 56.2 Å². The van der Waals surface area contributed by atoms with Gasteiger partial charge in [0, 0.05) is 24.2 Å². The van der Waals surface area contributed by atoms with Crippen molar-refractivity contribution in [2.24, 2.45) is 0 Å². The highest BCUT2D eigenvalue weighted by atomic mass is 35.5. The van der Waals surface area contributed by atoms with Gasteiger partial charge in [0.2, 0.25) is 0 Å². The number of rotatable bonds is 1. The van der Waals surface area contributed by atoms with Gasteiger partial charge in [-0.05, 0) is 24.3 Å². The first-order valence-electron chi connectivity index (χ1n) is 5.10. The zero-order valence-electron chi connectivity index (χ0n) is 8.84. The van der Waals surface area contributed by atoms with Crippen molar-refractivity contribution in [3.05, 3.63) is 48.0 Å². The zero-order chi connectivity index (χ0) is 11.8. The molecule has 0 radical (unpaired) electrons. The number of nitrogen functional groups attached to an aromatic ring is 1. The Balaban J connectivity index is 2.36. The van der Waals surface area contributed by atoms with E-state index in [4.69, 9.17) is 17.3 Å². The van der Waals surface area contributed by atoms with Crippen molar-refractivity contribution in [2.45, 2.75) is 0 Å². The number of halogens is 1. The van der Waals surface area contributed by atoms with Crippen molar-refractivity contribution in [1.29, 1.82) is 0 Å². The maximum atomic E-state index is 6.10. The van der Waals surface area contributed by atoms with Crippen LogP contribution in [0.25, 0.3) is 16.9 Å². The quantitative estimate of drug-likeness (QED) is 0.716. The third-order valence-electron chi connectivity index (χ3n) is 2.57. The second-order valence-corrected chi connectivity index (χ2v) is 4.01. The molecule has 3 aromatic rings. The summed E-state index contributed by atoms with van der Waals surface area (Å²) in [6.07, 6.45) is 5.34. The summed E-state index contributed by atoms with van der Waals surface area (Å²) in [5, 5.41) is 0.405. The molecule has 0 bridgehead atoms. The van der Waals surface area contributed by atoms with Crippen LogP contribution in [0.4, 0.5) is 5.69 Å². The molecule has 3 heterocycles. The van der Waals surface area contributed by atoms with Crippen LogP contribution in [0.3, 0.4) is 0 Å². The fraction of sp³-hybridized carbons (Fsp3) is 0. The highest BCUT2D eigenvalue weighted by Crippen LogP contribution is 2.28. The molecule has 0 atom stereocenters. The molecule has 17 heavy (non-hydrogen) atoms. The Hall–Kier alpha value is -2.07. The predicted molar refractivity (Wildman–Crippen MR) is 67.8 cm³/mol. The Morgan fingerprint density at radius 3 is 2.88 bits per heavy atom. The molecule has 5 heteroatoms. The summed E-state index contributed by atoms with van der Waals surface area (Å²) < 4.78 is 1.87. The number of nitrogens with zero attached hydrogens (tertiary/aromatic N) is 3. The minimum atomic E-state index is 0.405. The van der Waals surface area contributed by atoms with Gasteiger partial charge in [-0.25, -0.2) is 4.98 Å². The standard InChI is InChI=1S/C12H9ClN4/c13-11-10-9(14)4-2-6-17(10)12(16-11)8-3-1-5-15-7-8/h1-7H,14H2. The first-order chi connectivity index (χ1) is 8.27. The fourth-order valence-electron chi connectivity index (χ4n) is 1.82. The van der Waals surface area contributed by atoms with E-state index in [0.29, 0.717) is 10.8 Å². The Morgan fingerprint density at radius 1 is 1.24 bits per heavy atom. The summed E-state index contributed by atoms with van der Waals surface area (Å²) in [7, 11) is 0. The van der Waals surface area contributed by atoms with Gasteiger partial charge >= 0.3 is 0 Å². The van der Waals surface area contributed by atoms with Gasteiger partial charge in [-0.3, -0.25) is 9.38 Å². The predicted octanol–water partition coefficient (Wildman–Crippen LogP) is 2.63. The van der Waals surface area contributed by atoms with Gasteiger partial charge in [0.05, 0.1) is 5.69 Å². The van der Waals surface area contributed by atoms with Crippen molar-refractivity contribution in [1.82, 2.24) is 14.4 Å². The number of aromatic nitrogens is 3. The van der Waals surface area contributed by atoms with Crippen molar-refractivity contribution in [3.63, 3.8) is 0 Å². The summed E-state index contributed by atoms with van der Waals surface area (Å²) in [4.78, 5) is 8.40. The van der Waals surface area contributed by atoms with Gasteiger partial charge in [0.15, 0.2) is 5.15 Å². The van der Waals surface area contributed by atoms with E-state index in [0.717, 1.165) is 16.9 Å². The second kappa shape index (κ2) is 3.75. The second-order valence-electron chi connectivity index (χ2n) is 3.65. The Kier molecular flexibility index (Phi) is 2.23. The largest absolute Gasteiger partial charge is 0.397 e. The molecule has 0 aliphatic rings. The monoisotopic (exact) mass is 244 g/mol. The van der Waals surface area contributed by atoms with Crippen LogP contribution in [0.5, 0.6) is 0 Å². The fourth-order valence-corrected chi connectivity index (χ4v) is 2.10. The molecule has 0 amide bonds. The lowest BCUT2D eigenvalue weighted by molar-refractivity contribution is 1.15. The third-order valence-corrected chi connectivity index (χ3v) is 2.84. The van der Waals surface area contributed by atoms with E-state index < -0.39 is 0 Å². The van der Waals surface area contributed by atoms with Crippen molar-refractivity contribution in [2.75, 3.05) is 5.73 Å². The smallest absolute Gasteiger partial charge is 0.157 e. The Morgan fingerprint density at radius 2 is 2.12 bits per heavy atom. The van der Waals surface area contributed by atoms with Crippen molar-refractivity contribution < 1.29 is 0 Å². The van der Waals surface area contributed by atoms with E-state index in [1.165, 1.54) is 0 Å². The lowest BCUT2D eigenvalue weighted by Crippen LogP contribution is -1.93. The minimum absolute atomic E-state index is 0.405. The van der Waals surface area contributed by atoms with E-state index in [1.807, 2.05) is 28.8 Å². The van der Waals surface area contributed by atoms with Crippen molar-refractivity contribution >= 4 is 22.8 Å². The molecule has 0 spiro atoms. The normalized spacial score (nSPS) is 10.9. The average Bonchev–Trinajstić information content (AvgIpc) is 2.69. The van der Waals surface area contributed by atoms with E-state index in [-0.39, 0.29) is 0 Å². The minimum Gasteiger partial charge on any atom is -0.397 e. The van der Waals surface area contributed by atoms with Crippen LogP contribution in [-0.2, 0) is 0 Å². The summed E-state index contributed by atoms with van der Waals surface area (Å²) >= 11 is 6.10. The summed E-state index contributed by atoms with van der Waals surface area (Å²) in [6.45, 7) is 0. The molecular formula is C12H9ClN4. The maximum Gasteiger partial charge on any atom is 0.157 e. The molecule has 0 saturated heterocycles. The van der Waals surface area contributed by atoms with Gasteiger partial charge < -0.3 is 5.73 Å². The molecule has 0 fully saturated rings. The number of pyridine rings is 2. The first-order valence-corrected chi connectivity index (χ1v) is 5.47. The number of fused-ring (bicyclic) bond motifs is 1. The number of hydrogen-bond acceptors (Lipinski definition) is 3. The third kappa shape index (κ3) is 1.54. The lowest BCUT2D eigenvalue weighted by atomic mass is 10.3. The highest BCUT2D eigenvalue weighted by molar-refractivity contribution is 6.33. The van der Waals surface area contributed by atoms with Gasteiger partial charge in [-0.1, -0.05) is 11.6 Å². The van der Waals surface area contributed by atoms with E-state index in [1.54, 1.807) is 18.5 Å². The van der Waals surface area contributed by atoms with Crippen LogP contribution in [0, 0.1) is 0 Å². The lowest BCUT2D eigenvalue weighted by Gasteiger charge is -2.01. The molecule has 2 N–H and O–H groups in total. The number of hydrogen-bond donors (Lipinski definition) is 1. The molecule has 0 saturated carbocycles. The summed E-state index contributed by atoms with van der Waals surface area (Å²) in [6, 6.07) is 7.45. The first kappa shape index (κ1) is 10.1. The molecule has 0 aliphatic heterocycles. The van der Waals surface area contributed by atoms with Gasteiger partial charge in [-0.15, -0.1) is 0 Å². The SMILES string of the molecule is Nc1cccn2c(-c3cccnc3)nc(Cl)c12. The van der Waals surface area contributed by atoms with Crippen LogP contribution < -0.4 is 5.73 Å². The molecule has 84 valence electrons. The van der Waals surface area contributed by atoms with Crippen LogP contribution in [0.15, 0.2) is 42.9 Å². The van der Waals surface area contributed by atoms with E-state index in [2.05, 4.69) is 9.97 Å². The van der Waals surface area contributed by atoms with Crippen molar-refractivity contribution in [3.8, 4) is 11.4 Å². The van der Waals surface area contributed by atoms with E-state index >= 15 is 0 Å². The maximum absolute atomic E-state index is 6.10. The number of imidazole rings is 1. The van der Waals surface area contributed by atoms with Gasteiger partial charge in [0.25, 0.3) is 0 Å². The van der Waals surface area contributed by atoms with Gasteiger partial charge in [0.1, 0.15) is 11.3 Å². The Labute approximate surface area is 103 Å². The molecule has 3 rings (SSSR count). The molecule has 0 unspecified atom stereocenters. The summed E-state index contributed by atoms with van der Waals surface area (Å²) in [5.41, 5.74) is 8.13. The van der Waals surface area contributed by atoms with Crippen LogP contribution in [0.2, 0.25) is 5.15 Å². The van der Waals surface area contributed by atoms with Crippen LogP contribution >= 0.6 is 11.6 Å². The molecule has 3 aromatic heterocycles. The zero-order valence-corrected chi connectivity index (χ0v) is 9.59. The number of nitrogens with two attached hydrogens (primary N) is 1. The number of anilines is 1. The van der Waals surface area contributed by atoms with Gasteiger partial charge in [-0.2, -0.15) is 0 Å². The molecular weight excluding hydrogens is 236 g/mol. The molecule has 0 aromatic carbocycles. The van der Waals surface area contributed by atoms with E-state index in [9.17, 15) is 0 Å². The molecule has 0 aliphatic carbocycles.